The Bertz CT molecular complexity index is 1230. The number of hydrogen-bond acceptors (Lipinski definition) is 5. The van der Waals surface area contributed by atoms with Crippen LogP contribution in [-0.2, 0) is 11.3 Å². The summed E-state index contributed by atoms with van der Waals surface area (Å²) in [7, 11) is 6.30. The van der Waals surface area contributed by atoms with Crippen molar-refractivity contribution >= 4 is 17.5 Å². The van der Waals surface area contributed by atoms with Crippen LogP contribution in [-0.4, -0.2) is 74.0 Å². The van der Waals surface area contributed by atoms with E-state index in [-0.39, 0.29) is 35.7 Å². The van der Waals surface area contributed by atoms with Gasteiger partial charge in [0.15, 0.2) is 0 Å². The van der Waals surface area contributed by atoms with Crippen LogP contribution in [0.2, 0.25) is 0 Å². The fourth-order valence-electron chi connectivity index (χ4n) is 7.07. The first-order valence-electron chi connectivity index (χ1n) is 16.5. The predicted octanol–water partition coefficient (Wildman–Crippen LogP) is 5.83. The summed E-state index contributed by atoms with van der Waals surface area (Å²) in [4.78, 5) is 34.0. The third kappa shape index (κ3) is 7.98. The zero-order valence-electron chi connectivity index (χ0n) is 27.7. The summed E-state index contributed by atoms with van der Waals surface area (Å²) >= 11 is 0. The molecule has 0 spiro atoms. The molecule has 0 aromatic heterocycles. The van der Waals surface area contributed by atoms with Gasteiger partial charge in [0.2, 0.25) is 5.91 Å². The van der Waals surface area contributed by atoms with Crippen LogP contribution < -0.4 is 16.0 Å². The minimum absolute atomic E-state index is 0.109. The van der Waals surface area contributed by atoms with Crippen molar-refractivity contribution in [3.63, 3.8) is 0 Å². The second-order valence-electron chi connectivity index (χ2n) is 13.5. The highest BCUT2D eigenvalue weighted by Gasteiger charge is 2.38. The summed E-state index contributed by atoms with van der Waals surface area (Å²) < 4.78 is 0. The number of hydrogen-bond donors (Lipinski definition) is 2. The van der Waals surface area contributed by atoms with Gasteiger partial charge in [-0.1, -0.05) is 44.5 Å². The number of nitrogens with two attached hydrogens (primary N) is 1. The minimum Gasteiger partial charge on any atom is -0.371 e. The Morgan fingerprint density at radius 1 is 1.02 bits per heavy atom. The van der Waals surface area contributed by atoms with Gasteiger partial charge in [-0.05, 0) is 107 Å². The Labute approximate surface area is 260 Å². The summed E-state index contributed by atoms with van der Waals surface area (Å²) in [5, 5.41) is 3.20. The van der Waals surface area contributed by atoms with Crippen LogP contribution in [0.3, 0.4) is 0 Å². The van der Waals surface area contributed by atoms with Gasteiger partial charge in [0.25, 0.3) is 5.91 Å². The molecule has 3 unspecified atom stereocenters. The summed E-state index contributed by atoms with van der Waals surface area (Å²) in [5.41, 5.74) is 12.3. The zero-order chi connectivity index (χ0) is 31.3. The molecular weight excluding hydrogens is 534 g/mol. The maximum absolute atomic E-state index is 13.9. The molecule has 0 radical (unpaired) electrons. The van der Waals surface area contributed by atoms with Crippen molar-refractivity contribution in [2.24, 2.45) is 17.6 Å². The smallest absolute Gasteiger partial charge is 0.251 e. The molecule has 2 amide bonds. The van der Waals surface area contributed by atoms with E-state index < -0.39 is 0 Å². The lowest BCUT2D eigenvalue weighted by Gasteiger charge is -2.41. The number of benzene rings is 2. The average molecular weight is 590 g/mol. The van der Waals surface area contributed by atoms with Crippen molar-refractivity contribution in [3.05, 3.63) is 53.1 Å². The standard InChI is InChI=1S/C36H55N5O2/c1-8-9-18-41-25(3)19-24(2)33(36(41)43)22-38-35(42)32-20-29(28-12-10-27(11-13-28)23-39(5)6)21-34(26(32)4)40(7)31-16-14-30(37)15-17-31/h10-13,20-21,24-25,30-31,33H,8-9,14-19,22-23,37H2,1-7H3,(H,38,42)/t24?,25?,30-,31+,33?. The van der Waals surface area contributed by atoms with E-state index in [2.05, 4.69) is 94.3 Å². The minimum atomic E-state index is -0.196. The first-order chi connectivity index (χ1) is 20.5. The maximum atomic E-state index is 13.9. The SMILES string of the molecule is CCCCN1C(=O)C(CNC(=O)c2cc(-c3ccc(CN(C)C)cc3)cc(N(C)[C@H]3CC[C@@H](N)CC3)c2C)C(C)CC1C. The molecule has 2 aliphatic rings. The van der Waals surface area contributed by atoms with Crippen LogP contribution in [0.15, 0.2) is 36.4 Å². The number of nitrogens with zero attached hydrogens (tertiary/aromatic N) is 3. The molecule has 2 aromatic carbocycles. The average Bonchev–Trinajstić information content (AvgIpc) is 2.97. The van der Waals surface area contributed by atoms with Gasteiger partial charge < -0.3 is 25.8 Å². The molecule has 1 saturated heterocycles. The van der Waals surface area contributed by atoms with E-state index in [1.54, 1.807) is 0 Å². The summed E-state index contributed by atoms with van der Waals surface area (Å²) in [6.45, 7) is 10.6. The normalized spacial score (nSPS) is 24.3. The number of anilines is 1. The van der Waals surface area contributed by atoms with E-state index in [4.69, 9.17) is 5.73 Å². The molecule has 1 heterocycles. The van der Waals surface area contributed by atoms with Gasteiger partial charge in [0.05, 0.1) is 5.92 Å². The van der Waals surface area contributed by atoms with Crippen molar-refractivity contribution < 1.29 is 9.59 Å². The molecule has 43 heavy (non-hydrogen) atoms. The van der Waals surface area contributed by atoms with E-state index in [0.29, 0.717) is 18.2 Å². The summed E-state index contributed by atoms with van der Waals surface area (Å²) in [6.07, 6.45) is 7.19. The largest absolute Gasteiger partial charge is 0.371 e. The number of rotatable bonds is 11. The lowest BCUT2D eigenvalue weighted by atomic mass is 9.82. The van der Waals surface area contributed by atoms with Crippen LogP contribution in [0.5, 0.6) is 0 Å². The van der Waals surface area contributed by atoms with Gasteiger partial charge >= 0.3 is 0 Å². The van der Waals surface area contributed by atoms with Gasteiger partial charge in [0.1, 0.15) is 0 Å². The first-order valence-corrected chi connectivity index (χ1v) is 16.5. The molecule has 2 aromatic rings. The van der Waals surface area contributed by atoms with Crippen LogP contribution >= 0.6 is 0 Å². The fourth-order valence-corrected chi connectivity index (χ4v) is 7.07. The third-order valence-corrected chi connectivity index (χ3v) is 9.85. The topological polar surface area (TPSA) is 81.9 Å². The fraction of sp³-hybridized carbons (Fsp3) is 0.611. The van der Waals surface area contributed by atoms with Crippen molar-refractivity contribution in [2.75, 3.05) is 39.1 Å². The van der Waals surface area contributed by atoms with E-state index in [1.807, 2.05) is 11.0 Å². The highest BCUT2D eigenvalue weighted by molar-refractivity contribution is 5.99. The van der Waals surface area contributed by atoms with Gasteiger partial charge in [0, 0.05) is 56.1 Å². The molecule has 236 valence electrons. The molecule has 2 fully saturated rings. The molecule has 3 atom stereocenters. The summed E-state index contributed by atoms with van der Waals surface area (Å²) in [6, 6.07) is 13.8. The summed E-state index contributed by atoms with van der Waals surface area (Å²) in [5.74, 6) is 0.105. The predicted molar refractivity (Wildman–Crippen MR) is 178 cm³/mol. The van der Waals surface area contributed by atoms with Crippen LogP contribution in [0.1, 0.15) is 87.2 Å². The maximum Gasteiger partial charge on any atom is 0.251 e. The van der Waals surface area contributed by atoms with E-state index >= 15 is 0 Å². The van der Waals surface area contributed by atoms with Crippen molar-refractivity contribution in [3.8, 4) is 11.1 Å². The molecule has 0 bridgehead atoms. The first kappa shape index (κ1) is 33.0. The molecule has 4 rings (SSSR count). The van der Waals surface area contributed by atoms with E-state index in [9.17, 15) is 9.59 Å². The molecule has 3 N–H and O–H groups in total. The molecule has 7 heteroatoms. The van der Waals surface area contributed by atoms with Crippen molar-refractivity contribution in [2.45, 2.75) is 97.3 Å². The van der Waals surface area contributed by atoms with E-state index in [0.717, 1.165) is 80.4 Å². The Morgan fingerprint density at radius 3 is 2.33 bits per heavy atom. The number of carbonyl (C=O) groups is 2. The van der Waals surface area contributed by atoms with Crippen LogP contribution in [0.4, 0.5) is 5.69 Å². The Morgan fingerprint density at radius 2 is 1.70 bits per heavy atom. The van der Waals surface area contributed by atoms with Crippen LogP contribution in [0.25, 0.3) is 11.1 Å². The number of likely N-dealkylation sites (tertiary alicyclic amines) is 1. The zero-order valence-corrected chi connectivity index (χ0v) is 27.7. The highest BCUT2D eigenvalue weighted by atomic mass is 16.2. The van der Waals surface area contributed by atoms with Crippen molar-refractivity contribution in [1.82, 2.24) is 15.1 Å². The van der Waals surface area contributed by atoms with Gasteiger partial charge in [-0.2, -0.15) is 0 Å². The number of carbonyl (C=O) groups excluding carboxylic acids is 2. The molecule has 7 nitrogen and oxygen atoms in total. The number of nitrogens with one attached hydrogen (secondary N) is 1. The molecular formula is C36H55N5O2. The lowest BCUT2D eigenvalue weighted by Crippen LogP contribution is -2.53. The third-order valence-electron chi connectivity index (χ3n) is 9.85. The number of piperidine rings is 1. The second-order valence-corrected chi connectivity index (χ2v) is 13.5. The molecule has 1 aliphatic heterocycles. The second kappa shape index (κ2) is 14.7. The molecule has 1 saturated carbocycles. The molecule has 1 aliphatic carbocycles. The van der Waals surface area contributed by atoms with E-state index in [1.165, 1.54) is 5.56 Å². The Hall–Kier alpha value is -2.90. The van der Waals surface area contributed by atoms with Gasteiger partial charge in [-0.3, -0.25) is 9.59 Å². The lowest BCUT2D eigenvalue weighted by molar-refractivity contribution is -0.143. The Kier molecular flexibility index (Phi) is 11.3. The van der Waals surface area contributed by atoms with Crippen LogP contribution in [0, 0.1) is 18.8 Å². The number of amides is 2. The van der Waals surface area contributed by atoms with Gasteiger partial charge in [-0.25, -0.2) is 0 Å². The Balaban J connectivity index is 1.61. The number of unbranched alkanes of at least 4 members (excludes halogenated alkanes) is 1. The van der Waals surface area contributed by atoms with Gasteiger partial charge in [-0.15, -0.1) is 0 Å². The van der Waals surface area contributed by atoms with Crippen molar-refractivity contribution in [1.29, 1.82) is 0 Å². The quantitative estimate of drug-likeness (QED) is 0.345. The monoisotopic (exact) mass is 589 g/mol. The highest BCUT2D eigenvalue weighted by Crippen LogP contribution is 2.35.